The number of benzene rings is 2. The Labute approximate surface area is 215 Å². The Balaban J connectivity index is 1.41. The third kappa shape index (κ3) is 5.99. The number of rotatable bonds is 6. The van der Waals surface area contributed by atoms with Gasteiger partial charge in [0.2, 0.25) is 15.9 Å². The molecule has 2 aliphatic heterocycles. The van der Waals surface area contributed by atoms with Crippen molar-refractivity contribution >= 4 is 38.9 Å². The summed E-state index contributed by atoms with van der Waals surface area (Å²) < 4.78 is 81.5. The zero-order valence-electron chi connectivity index (χ0n) is 19.6. The van der Waals surface area contributed by atoms with E-state index in [2.05, 4.69) is 10.5 Å². The first kappa shape index (κ1) is 27.1. The van der Waals surface area contributed by atoms with Crippen LogP contribution in [0.2, 0.25) is 5.02 Å². The van der Waals surface area contributed by atoms with Crippen molar-refractivity contribution in [3.63, 3.8) is 0 Å². The van der Waals surface area contributed by atoms with Gasteiger partial charge >= 0.3 is 6.18 Å². The molecule has 0 aromatic heterocycles. The highest BCUT2D eigenvalue weighted by Gasteiger charge is 2.36. The third-order valence-electron chi connectivity index (χ3n) is 6.05. The number of nitrogens with one attached hydrogen (secondary N) is 1. The van der Waals surface area contributed by atoms with Crippen LogP contribution < -0.4 is 10.2 Å². The van der Waals surface area contributed by atoms with Crippen LogP contribution in [0.1, 0.15) is 24.5 Å². The summed E-state index contributed by atoms with van der Waals surface area (Å²) >= 11 is 5.60. The van der Waals surface area contributed by atoms with Crippen molar-refractivity contribution in [1.29, 1.82) is 0 Å². The minimum atomic E-state index is -4.80. The van der Waals surface area contributed by atoms with Crippen LogP contribution in [0.3, 0.4) is 0 Å². The second kappa shape index (κ2) is 10.5. The molecule has 4 rings (SSSR count). The maximum absolute atomic E-state index is 15.0. The van der Waals surface area contributed by atoms with Crippen LogP contribution in [-0.2, 0) is 25.8 Å². The topological polar surface area (TPSA) is 91.3 Å². The van der Waals surface area contributed by atoms with Gasteiger partial charge in [0.05, 0.1) is 33.4 Å². The fourth-order valence-corrected chi connectivity index (χ4v) is 5.78. The summed E-state index contributed by atoms with van der Waals surface area (Å²) in [6.07, 6.45) is -4.74. The van der Waals surface area contributed by atoms with Gasteiger partial charge < -0.3 is 15.1 Å². The van der Waals surface area contributed by atoms with E-state index in [0.29, 0.717) is 23.8 Å². The molecule has 0 saturated carbocycles. The second-order valence-corrected chi connectivity index (χ2v) is 10.9. The third-order valence-corrected chi connectivity index (χ3v) is 8.28. The maximum Gasteiger partial charge on any atom is 0.417 e. The molecule has 14 heteroatoms. The fourth-order valence-electron chi connectivity index (χ4n) is 4.11. The number of oxime groups is 1. The molecule has 1 amide bonds. The predicted octanol–water partition coefficient (Wildman–Crippen LogP) is 3.64. The lowest BCUT2D eigenvalue weighted by Gasteiger charge is -2.35. The summed E-state index contributed by atoms with van der Waals surface area (Å²) in [6.45, 7) is 1.86. The lowest BCUT2D eigenvalue weighted by Crippen LogP contribution is -2.49. The lowest BCUT2D eigenvalue weighted by molar-refractivity contribution is -0.137. The summed E-state index contributed by atoms with van der Waals surface area (Å²) in [4.78, 5) is 17.5. The molecule has 1 atom stereocenters. The monoisotopic (exact) mass is 562 g/mol. The quantitative estimate of drug-likeness (QED) is 0.543. The van der Waals surface area contributed by atoms with Gasteiger partial charge in [0.15, 0.2) is 0 Å². The van der Waals surface area contributed by atoms with Gasteiger partial charge in [-0.2, -0.15) is 17.5 Å². The summed E-state index contributed by atoms with van der Waals surface area (Å²) in [5, 5.41) is 6.02. The zero-order chi connectivity index (χ0) is 27.0. The number of amides is 1. The number of piperazine rings is 1. The number of hydrogen-bond acceptors (Lipinski definition) is 6. The number of alkyl halides is 3. The van der Waals surface area contributed by atoms with E-state index < -0.39 is 37.5 Å². The van der Waals surface area contributed by atoms with E-state index in [1.54, 1.807) is 17.0 Å². The minimum absolute atomic E-state index is 0.0428. The molecule has 2 aliphatic rings. The number of carbonyl (C=O) groups excluding carboxylic acids is 1. The van der Waals surface area contributed by atoms with Gasteiger partial charge in [0.1, 0.15) is 11.9 Å². The average Bonchev–Trinajstić information content (AvgIpc) is 3.31. The molecule has 1 unspecified atom stereocenters. The van der Waals surface area contributed by atoms with Crippen molar-refractivity contribution in [2.45, 2.75) is 30.5 Å². The molecule has 0 bridgehead atoms. The van der Waals surface area contributed by atoms with E-state index >= 15 is 0 Å². The molecule has 1 fully saturated rings. The van der Waals surface area contributed by atoms with Crippen molar-refractivity contribution in [2.24, 2.45) is 5.16 Å². The van der Waals surface area contributed by atoms with Crippen LogP contribution in [0, 0.1) is 5.82 Å². The largest absolute Gasteiger partial charge is 0.417 e. The normalized spacial score (nSPS) is 18.9. The van der Waals surface area contributed by atoms with Crippen molar-refractivity contribution in [3.05, 3.63) is 58.4 Å². The molecule has 1 saturated heterocycles. The minimum Gasteiger partial charge on any atom is -0.390 e. The van der Waals surface area contributed by atoms with Crippen molar-refractivity contribution in [3.8, 4) is 0 Å². The molecule has 0 aliphatic carbocycles. The van der Waals surface area contributed by atoms with Crippen molar-refractivity contribution in [1.82, 2.24) is 9.62 Å². The Morgan fingerprint density at radius 3 is 2.49 bits per heavy atom. The number of anilines is 1. The first-order chi connectivity index (χ1) is 17.4. The van der Waals surface area contributed by atoms with Gasteiger partial charge in [0.25, 0.3) is 0 Å². The molecule has 1 N–H and O–H groups in total. The summed E-state index contributed by atoms with van der Waals surface area (Å²) in [7, 11) is -4.21. The van der Waals surface area contributed by atoms with Crippen LogP contribution in [0.25, 0.3) is 0 Å². The number of halogens is 5. The van der Waals surface area contributed by atoms with E-state index in [4.69, 9.17) is 16.4 Å². The fraction of sp³-hybridized carbons (Fsp3) is 0.391. The van der Waals surface area contributed by atoms with Crippen LogP contribution >= 0.6 is 11.6 Å². The summed E-state index contributed by atoms with van der Waals surface area (Å²) in [5.41, 5.74) is 0.101. The van der Waals surface area contributed by atoms with Crippen molar-refractivity contribution < 1.29 is 35.6 Å². The van der Waals surface area contributed by atoms with E-state index in [0.717, 1.165) is 16.4 Å². The molecular weight excluding hydrogens is 540 g/mol. The van der Waals surface area contributed by atoms with Gasteiger partial charge in [-0.1, -0.05) is 22.8 Å². The van der Waals surface area contributed by atoms with Crippen molar-refractivity contribution in [2.75, 3.05) is 37.6 Å². The van der Waals surface area contributed by atoms with E-state index in [1.807, 2.05) is 0 Å². The number of nitrogens with zero attached hydrogens (tertiary/aromatic N) is 3. The standard InChI is InChI=1S/C23H23ClF4N4O4S/c1-14(33)29-13-16-11-21(30-36-16)15-2-5-22(20(25)10-15)31-6-8-32(9-7-31)37(34,35)17-3-4-19(24)18(12-17)23(26,27)28/h2-5,10,12,16H,6-9,11,13H2,1H3,(H,29,33). The van der Waals surface area contributed by atoms with E-state index in [-0.39, 0.29) is 50.4 Å². The molecule has 0 spiro atoms. The number of hydrogen-bond donors (Lipinski definition) is 1. The predicted molar refractivity (Wildman–Crippen MR) is 129 cm³/mol. The Morgan fingerprint density at radius 1 is 1.16 bits per heavy atom. The van der Waals surface area contributed by atoms with Crippen LogP contribution in [0.15, 0.2) is 46.4 Å². The number of carbonyl (C=O) groups is 1. The van der Waals surface area contributed by atoms with E-state index in [9.17, 15) is 30.8 Å². The summed E-state index contributed by atoms with van der Waals surface area (Å²) in [6, 6.07) is 7.02. The van der Waals surface area contributed by atoms with Gasteiger partial charge in [-0.3, -0.25) is 4.79 Å². The number of sulfonamides is 1. The zero-order valence-corrected chi connectivity index (χ0v) is 21.1. The molecule has 8 nitrogen and oxygen atoms in total. The molecule has 2 heterocycles. The second-order valence-electron chi connectivity index (χ2n) is 8.60. The average molecular weight is 563 g/mol. The Kier molecular flexibility index (Phi) is 7.67. The van der Waals surface area contributed by atoms with Crippen LogP contribution in [0.4, 0.5) is 23.2 Å². The molecule has 0 radical (unpaired) electrons. The lowest BCUT2D eigenvalue weighted by atomic mass is 10.0. The maximum atomic E-state index is 15.0. The smallest absolute Gasteiger partial charge is 0.390 e. The highest BCUT2D eigenvalue weighted by molar-refractivity contribution is 7.89. The van der Waals surface area contributed by atoms with Gasteiger partial charge in [-0.05, 0) is 30.3 Å². The van der Waals surface area contributed by atoms with E-state index in [1.165, 1.54) is 13.0 Å². The first-order valence-electron chi connectivity index (χ1n) is 11.2. The molecule has 200 valence electrons. The van der Waals surface area contributed by atoms with Crippen LogP contribution in [0.5, 0.6) is 0 Å². The van der Waals surface area contributed by atoms with Gasteiger partial charge in [-0.25, -0.2) is 12.8 Å². The summed E-state index contributed by atoms with van der Waals surface area (Å²) in [5.74, 6) is -0.728. The van der Waals surface area contributed by atoms with Crippen LogP contribution in [-0.4, -0.2) is 63.2 Å². The Bertz CT molecular complexity index is 1330. The molecule has 2 aromatic carbocycles. The first-order valence-corrected chi connectivity index (χ1v) is 13.1. The van der Waals surface area contributed by atoms with Gasteiger partial charge in [-0.15, -0.1) is 0 Å². The Morgan fingerprint density at radius 2 is 1.86 bits per heavy atom. The van der Waals surface area contributed by atoms with Gasteiger partial charge in [0, 0.05) is 45.1 Å². The highest BCUT2D eigenvalue weighted by Crippen LogP contribution is 2.36. The Hall–Kier alpha value is -2.90. The molecular formula is C23H23ClF4N4O4S. The molecule has 2 aromatic rings. The SMILES string of the molecule is CC(=O)NCC1CC(c2ccc(N3CCN(S(=O)(=O)c4ccc(Cl)c(C(F)(F)F)c4)CC3)c(F)c2)=NO1. The highest BCUT2D eigenvalue weighted by atomic mass is 35.5. The molecule has 37 heavy (non-hydrogen) atoms.